The molecule has 17 heavy (non-hydrogen) atoms. The fourth-order valence-corrected chi connectivity index (χ4v) is 19.4. The SMILES string of the molecule is CCN(CC)P(Cl)(C[Si](C)(C)C)=N[Si](C)(C)C. The Kier molecular flexibility index (Phi) is 6.72. The summed E-state index contributed by atoms with van der Waals surface area (Å²) >= 11 is 7.01. The summed E-state index contributed by atoms with van der Waals surface area (Å²) in [4.78, 5) is 0. The monoisotopic (exact) mass is 312 g/mol. The number of rotatable bonds is 6. The van der Waals surface area contributed by atoms with Crippen LogP contribution in [-0.2, 0) is 0 Å². The Bertz CT molecular complexity index is 291. The Labute approximate surface area is 115 Å². The molecule has 0 spiro atoms. The molecule has 0 amide bonds. The van der Waals surface area contributed by atoms with Gasteiger partial charge in [0.15, 0.2) is 8.24 Å². The van der Waals surface area contributed by atoms with Gasteiger partial charge < -0.3 is 4.41 Å². The molecule has 0 bridgehead atoms. The predicted octanol–water partition coefficient (Wildman–Crippen LogP) is 5.31. The van der Waals surface area contributed by atoms with Crippen molar-refractivity contribution < 1.29 is 0 Å². The zero-order valence-electron chi connectivity index (χ0n) is 12.8. The van der Waals surface area contributed by atoms with Crippen molar-refractivity contribution in [3.8, 4) is 0 Å². The lowest BCUT2D eigenvalue weighted by Gasteiger charge is -2.36. The van der Waals surface area contributed by atoms with E-state index in [-0.39, 0.29) is 0 Å². The third kappa shape index (κ3) is 7.17. The van der Waals surface area contributed by atoms with Crippen LogP contribution in [0.4, 0.5) is 0 Å². The van der Waals surface area contributed by atoms with E-state index >= 15 is 0 Å². The lowest BCUT2D eigenvalue weighted by Crippen LogP contribution is -2.32. The van der Waals surface area contributed by atoms with Gasteiger partial charge in [-0.1, -0.05) is 44.7 Å². The third-order valence-corrected chi connectivity index (χ3v) is 15.2. The van der Waals surface area contributed by atoms with Crippen LogP contribution in [0.3, 0.4) is 0 Å². The van der Waals surface area contributed by atoms with E-state index in [9.17, 15) is 0 Å². The number of halogens is 1. The van der Waals surface area contributed by atoms with E-state index in [0.717, 1.165) is 18.9 Å². The van der Waals surface area contributed by atoms with Crippen LogP contribution < -0.4 is 0 Å². The van der Waals surface area contributed by atoms with Gasteiger partial charge in [0, 0.05) is 18.9 Å². The first kappa shape index (κ1) is 17.9. The predicted molar refractivity (Wildman–Crippen MR) is 89.7 cm³/mol. The van der Waals surface area contributed by atoms with E-state index in [0.29, 0.717) is 0 Å². The Morgan fingerprint density at radius 2 is 1.41 bits per heavy atom. The minimum atomic E-state index is -1.77. The lowest BCUT2D eigenvalue weighted by molar-refractivity contribution is 0.509. The fraction of sp³-hybridized carbons (Fsp3) is 1.00. The summed E-state index contributed by atoms with van der Waals surface area (Å²) in [5.41, 5.74) is 0. The van der Waals surface area contributed by atoms with Gasteiger partial charge in [-0.2, -0.15) is 0 Å². The summed E-state index contributed by atoms with van der Waals surface area (Å²) in [6.45, 7) is 18.7. The lowest BCUT2D eigenvalue weighted by atomic mass is 10.7. The van der Waals surface area contributed by atoms with Gasteiger partial charge in [0.2, 0.25) is 0 Å². The number of nitrogens with zero attached hydrogens (tertiary/aromatic N) is 2. The van der Waals surface area contributed by atoms with E-state index < -0.39 is 22.9 Å². The topological polar surface area (TPSA) is 15.6 Å². The van der Waals surface area contributed by atoms with Crippen molar-refractivity contribution in [3.05, 3.63) is 0 Å². The van der Waals surface area contributed by atoms with Gasteiger partial charge >= 0.3 is 0 Å². The van der Waals surface area contributed by atoms with Crippen LogP contribution in [0.2, 0.25) is 39.3 Å². The maximum atomic E-state index is 7.01. The molecule has 0 aromatic carbocycles. The minimum absolute atomic E-state index is 1.02. The van der Waals surface area contributed by atoms with Crippen LogP contribution in [-0.4, -0.2) is 39.9 Å². The van der Waals surface area contributed by atoms with Crippen molar-refractivity contribution in [2.75, 3.05) is 18.9 Å². The molecule has 0 N–H and O–H groups in total. The molecule has 0 fully saturated rings. The molecule has 0 saturated heterocycles. The quantitative estimate of drug-likeness (QED) is 0.479. The molecule has 0 rings (SSSR count). The van der Waals surface area contributed by atoms with Gasteiger partial charge in [-0.05, 0) is 19.6 Å². The normalized spacial score (nSPS) is 17.1. The molecule has 1 atom stereocenters. The minimum Gasteiger partial charge on any atom is -0.312 e. The highest BCUT2D eigenvalue weighted by Gasteiger charge is 2.32. The van der Waals surface area contributed by atoms with E-state index in [4.69, 9.17) is 15.7 Å². The second-order valence-corrected chi connectivity index (χ2v) is 21.8. The Morgan fingerprint density at radius 1 is 1.00 bits per heavy atom. The van der Waals surface area contributed by atoms with Crippen molar-refractivity contribution >= 4 is 34.1 Å². The van der Waals surface area contributed by atoms with Crippen LogP contribution in [0.15, 0.2) is 4.41 Å². The summed E-state index contributed by atoms with van der Waals surface area (Å²) in [6, 6.07) is 0. The molecule has 104 valence electrons. The Balaban J connectivity index is 5.44. The summed E-state index contributed by atoms with van der Waals surface area (Å²) in [5, 5.41) is 0. The van der Waals surface area contributed by atoms with Gasteiger partial charge in [0.1, 0.15) is 6.56 Å². The van der Waals surface area contributed by atoms with Crippen LogP contribution in [0, 0.1) is 0 Å². The van der Waals surface area contributed by atoms with E-state index in [1.165, 1.54) is 0 Å². The number of hydrogen-bond acceptors (Lipinski definition) is 1. The molecule has 0 aliphatic heterocycles. The van der Waals surface area contributed by atoms with Crippen LogP contribution >= 0.6 is 17.8 Å². The second-order valence-electron chi connectivity index (χ2n) is 6.77. The highest BCUT2D eigenvalue weighted by atomic mass is 35.7. The summed E-state index contributed by atoms with van der Waals surface area (Å²) in [5.74, 6) is 1.15. The van der Waals surface area contributed by atoms with Gasteiger partial charge in [0.05, 0.1) is 8.07 Å². The average Bonchev–Trinajstić information content (AvgIpc) is 1.97. The van der Waals surface area contributed by atoms with Crippen LogP contribution in [0.25, 0.3) is 0 Å². The molecule has 0 saturated carbocycles. The maximum Gasteiger partial charge on any atom is 0.173 e. The van der Waals surface area contributed by atoms with Gasteiger partial charge in [-0.3, -0.25) is 4.67 Å². The first-order valence-electron chi connectivity index (χ1n) is 6.51. The van der Waals surface area contributed by atoms with E-state index in [2.05, 4.69) is 57.8 Å². The molecule has 0 aliphatic carbocycles. The molecule has 0 aromatic heterocycles. The Morgan fingerprint density at radius 3 is 1.65 bits per heavy atom. The van der Waals surface area contributed by atoms with E-state index in [1.807, 2.05) is 0 Å². The summed E-state index contributed by atoms with van der Waals surface area (Å²) in [6.07, 6.45) is 0. The Hall–Kier alpha value is 0.914. The fourth-order valence-electron chi connectivity index (χ4n) is 1.92. The maximum absolute atomic E-state index is 7.01. The summed E-state index contributed by atoms with van der Waals surface area (Å²) in [7, 11) is -2.65. The second kappa shape index (κ2) is 6.38. The molecule has 6 heteroatoms. The smallest absolute Gasteiger partial charge is 0.173 e. The molecule has 0 radical (unpaired) electrons. The third-order valence-electron chi connectivity index (χ3n) is 2.29. The van der Waals surface area contributed by atoms with Crippen molar-refractivity contribution in [2.24, 2.45) is 4.41 Å². The van der Waals surface area contributed by atoms with Gasteiger partial charge in [-0.25, -0.2) is 0 Å². The number of hydrogen-bond donors (Lipinski definition) is 0. The first-order chi connectivity index (χ1) is 7.43. The molecule has 0 aromatic rings. The molecule has 0 heterocycles. The average molecular weight is 313 g/mol. The van der Waals surface area contributed by atoms with Gasteiger partial charge in [-0.15, -0.1) is 0 Å². The molecular formula is C11H30ClN2PSi2. The van der Waals surface area contributed by atoms with Crippen molar-refractivity contribution in [1.29, 1.82) is 0 Å². The summed E-state index contributed by atoms with van der Waals surface area (Å²) < 4.78 is 7.57. The van der Waals surface area contributed by atoms with Crippen LogP contribution in [0.5, 0.6) is 0 Å². The van der Waals surface area contributed by atoms with E-state index in [1.54, 1.807) is 0 Å². The van der Waals surface area contributed by atoms with Crippen molar-refractivity contribution in [3.63, 3.8) is 0 Å². The first-order valence-corrected chi connectivity index (χ1v) is 16.4. The van der Waals surface area contributed by atoms with Crippen molar-refractivity contribution in [1.82, 2.24) is 4.67 Å². The zero-order chi connectivity index (χ0) is 13.9. The van der Waals surface area contributed by atoms with Gasteiger partial charge in [0.25, 0.3) is 0 Å². The largest absolute Gasteiger partial charge is 0.312 e. The molecular weight excluding hydrogens is 283 g/mol. The van der Waals surface area contributed by atoms with Crippen molar-refractivity contribution in [2.45, 2.75) is 53.1 Å². The standard InChI is InChI=1S/C11H30ClN2PSi2/c1-9-14(10-2)15(12,11-16(3,4)5)13-17(6,7)8/h9-11H2,1-8H3. The molecule has 2 nitrogen and oxygen atoms in total. The molecule has 0 aliphatic rings. The zero-order valence-corrected chi connectivity index (χ0v) is 16.5. The van der Waals surface area contributed by atoms with Crippen LogP contribution in [0.1, 0.15) is 13.8 Å². The molecule has 1 unspecified atom stereocenters. The highest BCUT2D eigenvalue weighted by Crippen LogP contribution is 2.60. The highest BCUT2D eigenvalue weighted by molar-refractivity contribution is 7.91.